The Bertz CT molecular complexity index is 2160. The summed E-state index contributed by atoms with van der Waals surface area (Å²) in [5, 5.41) is 4.50. The van der Waals surface area contributed by atoms with E-state index in [1.54, 1.807) is 0 Å². The molecule has 0 saturated heterocycles. The summed E-state index contributed by atoms with van der Waals surface area (Å²) >= 11 is 0. The molecule has 2 heterocycles. The van der Waals surface area contributed by atoms with Gasteiger partial charge in [0.15, 0.2) is 0 Å². The molecule has 0 spiro atoms. The molecule has 6 aromatic carbocycles. The second-order valence-electron chi connectivity index (χ2n) is 9.80. The first-order chi connectivity index (χ1) is 19.3. The Kier molecular flexibility index (Phi) is 4.82. The van der Waals surface area contributed by atoms with Crippen molar-refractivity contribution in [2.75, 3.05) is 0 Å². The minimum atomic E-state index is 0.840. The molecule has 0 atom stereocenters. The predicted molar refractivity (Wildman–Crippen MR) is 161 cm³/mol. The van der Waals surface area contributed by atoms with Crippen LogP contribution in [-0.2, 0) is 0 Å². The molecule has 39 heavy (non-hydrogen) atoms. The predicted octanol–water partition coefficient (Wildman–Crippen LogP) is 9.68. The van der Waals surface area contributed by atoms with Crippen molar-refractivity contribution in [1.29, 1.82) is 0 Å². The van der Waals surface area contributed by atoms with Gasteiger partial charge in [-0.3, -0.25) is 0 Å². The number of aromatic nitrogens is 2. The summed E-state index contributed by atoms with van der Waals surface area (Å²) in [5.74, 6) is 0. The molecule has 0 radical (unpaired) electrons. The zero-order valence-corrected chi connectivity index (χ0v) is 21.0. The second-order valence-corrected chi connectivity index (χ2v) is 9.80. The fraction of sp³-hybridized carbons (Fsp3) is 0. The number of furan rings is 1. The van der Waals surface area contributed by atoms with Gasteiger partial charge in [-0.1, -0.05) is 103 Å². The molecular weight excluding hydrogens is 476 g/mol. The van der Waals surface area contributed by atoms with Crippen LogP contribution in [0.2, 0.25) is 0 Å². The van der Waals surface area contributed by atoms with Gasteiger partial charge in [0.25, 0.3) is 0 Å². The number of rotatable bonds is 3. The Morgan fingerprint density at radius 2 is 1.00 bits per heavy atom. The lowest BCUT2D eigenvalue weighted by Gasteiger charge is -2.10. The van der Waals surface area contributed by atoms with Gasteiger partial charge >= 0.3 is 0 Å². The van der Waals surface area contributed by atoms with Crippen LogP contribution >= 0.6 is 0 Å². The molecule has 0 aliphatic carbocycles. The maximum absolute atomic E-state index is 6.60. The van der Waals surface area contributed by atoms with E-state index in [-0.39, 0.29) is 0 Å². The molecule has 3 heteroatoms. The average Bonchev–Trinajstić information content (AvgIpc) is 3.39. The van der Waals surface area contributed by atoms with Gasteiger partial charge in [0.1, 0.15) is 11.2 Å². The van der Waals surface area contributed by atoms with Crippen LogP contribution < -0.4 is 0 Å². The molecule has 0 unspecified atom stereocenters. The van der Waals surface area contributed by atoms with Gasteiger partial charge in [-0.25, -0.2) is 9.97 Å². The second kappa shape index (κ2) is 8.64. The van der Waals surface area contributed by atoms with Gasteiger partial charge in [-0.05, 0) is 46.8 Å². The Labute approximate surface area is 225 Å². The van der Waals surface area contributed by atoms with Crippen molar-refractivity contribution in [3.63, 3.8) is 0 Å². The van der Waals surface area contributed by atoms with E-state index in [4.69, 9.17) is 14.4 Å². The maximum Gasteiger partial charge on any atom is 0.143 e. The van der Waals surface area contributed by atoms with Crippen molar-refractivity contribution < 1.29 is 4.42 Å². The average molecular weight is 499 g/mol. The van der Waals surface area contributed by atoms with Gasteiger partial charge in [0.05, 0.1) is 22.4 Å². The SMILES string of the molecule is c1ccc(-c2nc3ccccc3nc2-c2ccc3c(c2)oc2c4ccccc4c(-c4ccccc4)cc32)cc1. The number of fused-ring (bicyclic) bond motifs is 6. The highest BCUT2D eigenvalue weighted by Gasteiger charge is 2.18. The lowest BCUT2D eigenvalue weighted by molar-refractivity contribution is 0.673. The number of benzene rings is 6. The first-order valence-electron chi connectivity index (χ1n) is 13.1. The van der Waals surface area contributed by atoms with E-state index in [0.29, 0.717) is 0 Å². The molecule has 0 fully saturated rings. The molecule has 8 rings (SSSR count). The van der Waals surface area contributed by atoms with Gasteiger partial charge in [-0.15, -0.1) is 0 Å². The maximum atomic E-state index is 6.60. The van der Waals surface area contributed by atoms with Crippen LogP contribution in [0.25, 0.3) is 77.4 Å². The zero-order chi connectivity index (χ0) is 25.8. The van der Waals surface area contributed by atoms with Crippen LogP contribution in [0.5, 0.6) is 0 Å². The molecule has 182 valence electrons. The first-order valence-corrected chi connectivity index (χ1v) is 13.1. The van der Waals surface area contributed by atoms with Gasteiger partial charge in [0.2, 0.25) is 0 Å². The van der Waals surface area contributed by atoms with Crippen molar-refractivity contribution in [3.8, 4) is 33.6 Å². The molecule has 3 nitrogen and oxygen atoms in total. The molecule has 0 N–H and O–H groups in total. The summed E-state index contributed by atoms with van der Waals surface area (Å²) in [6.07, 6.45) is 0. The van der Waals surface area contributed by atoms with Crippen molar-refractivity contribution in [2.45, 2.75) is 0 Å². The summed E-state index contributed by atoms with van der Waals surface area (Å²) in [6.45, 7) is 0. The zero-order valence-electron chi connectivity index (χ0n) is 21.0. The monoisotopic (exact) mass is 498 g/mol. The van der Waals surface area contributed by atoms with Crippen molar-refractivity contribution in [3.05, 3.63) is 133 Å². The smallest absolute Gasteiger partial charge is 0.143 e. The van der Waals surface area contributed by atoms with Gasteiger partial charge in [0, 0.05) is 27.3 Å². The molecular formula is C36H22N2O. The highest BCUT2D eigenvalue weighted by Crippen LogP contribution is 2.41. The molecule has 0 amide bonds. The quantitative estimate of drug-likeness (QED) is 0.243. The number of hydrogen-bond acceptors (Lipinski definition) is 3. The summed E-state index contributed by atoms with van der Waals surface area (Å²) in [6, 6.07) is 46.0. The Morgan fingerprint density at radius 3 is 1.72 bits per heavy atom. The van der Waals surface area contributed by atoms with Crippen LogP contribution in [0.1, 0.15) is 0 Å². The largest absolute Gasteiger partial charge is 0.455 e. The van der Waals surface area contributed by atoms with Crippen LogP contribution in [0, 0.1) is 0 Å². The van der Waals surface area contributed by atoms with E-state index < -0.39 is 0 Å². The normalized spacial score (nSPS) is 11.6. The van der Waals surface area contributed by atoms with Gasteiger partial charge in [-0.2, -0.15) is 0 Å². The van der Waals surface area contributed by atoms with Crippen LogP contribution in [0.4, 0.5) is 0 Å². The van der Waals surface area contributed by atoms with E-state index >= 15 is 0 Å². The van der Waals surface area contributed by atoms with E-state index in [1.807, 2.05) is 42.5 Å². The summed E-state index contributed by atoms with van der Waals surface area (Å²) in [4.78, 5) is 10.1. The van der Waals surface area contributed by atoms with E-state index in [9.17, 15) is 0 Å². The third-order valence-corrected chi connectivity index (χ3v) is 7.45. The van der Waals surface area contributed by atoms with E-state index in [0.717, 1.165) is 60.9 Å². The lowest BCUT2D eigenvalue weighted by atomic mass is 9.95. The number of para-hydroxylation sites is 2. The fourth-order valence-electron chi connectivity index (χ4n) is 5.60. The summed E-state index contributed by atoms with van der Waals surface area (Å²) in [5.41, 5.74) is 9.62. The van der Waals surface area contributed by atoms with Crippen LogP contribution in [0.3, 0.4) is 0 Å². The molecule has 0 bridgehead atoms. The third kappa shape index (κ3) is 3.52. The first kappa shape index (κ1) is 21.8. The molecule has 0 aliphatic heterocycles. The standard InChI is InChI=1S/C36H22N2O/c1-3-11-23(12-4-1)29-22-30-27-20-19-25(21-33(27)39-36(30)28-16-8-7-15-26(28)29)35-34(24-13-5-2-6-14-24)37-31-17-9-10-18-32(31)38-35/h1-22H. The molecule has 2 aromatic heterocycles. The number of hydrogen-bond donors (Lipinski definition) is 0. The van der Waals surface area contributed by atoms with Crippen molar-refractivity contribution in [1.82, 2.24) is 9.97 Å². The minimum absolute atomic E-state index is 0.840. The van der Waals surface area contributed by atoms with Crippen molar-refractivity contribution in [2.24, 2.45) is 0 Å². The Hall–Kier alpha value is -5.28. The molecule has 0 saturated carbocycles. The molecule has 0 aliphatic rings. The summed E-state index contributed by atoms with van der Waals surface area (Å²) in [7, 11) is 0. The van der Waals surface area contributed by atoms with E-state index in [1.165, 1.54) is 16.5 Å². The van der Waals surface area contributed by atoms with Crippen molar-refractivity contribution >= 4 is 43.7 Å². The third-order valence-electron chi connectivity index (χ3n) is 7.45. The van der Waals surface area contributed by atoms with Gasteiger partial charge < -0.3 is 4.42 Å². The number of nitrogens with zero attached hydrogens (tertiary/aromatic N) is 2. The Morgan fingerprint density at radius 1 is 0.410 bits per heavy atom. The molecule has 8 aromatic rings. The van der Waals surface area contributed by atoms with E-state index in [2.05, 4.69) is 91.0 Å². The van der Waals surface area contributed by atoms with Crippen LogP contribution in [-0.4, -0.2) is 9.97 Å². The minimum Gasteiger partial charge on any atom is -0.455 e. The van der Waals surface area contributed by atoms with Crippen LogP contribution in [0.15, 0.2) is 138 Å². The fourth-order valence-corrected chi connectivity index (χ4v) is 5.60. The Balaban J connectivity index is 1.39. The summed E-state index contributed by atoms with van der Waals surface area (Å²) < 4.78 is 6.60. The highest BCUT2D eigenvalue weighted by atomic mass is 16.3. The lowest BCUT2D eigenvalue weighted by Crippen LogP contribution is -1.95. The highest BCUT2D eigenvalue weighted by molar-refractivity contribution is 6.19. The topological polar surface area (TPSA) is 38.9 Å².